The number of ether oxygens (including phenoxy) is 6. The highest BCUT2D eigenvalue weighted by Gasteiger charge is 2.51. The van der Waals surface area contributed by atoms with E-state index in [0.29, 0.717) is 18.6 Å². The lowest BCUT2D eigenvalue weighted by molar-refractivity contribution is -0.353. The first-order valence-corrected chi connectivity index (χ1v) is 11.0. The zero-order valence-corrected chi connectivity index (χ0v) is 18.5. The molecular formula is C21H34O11. The summed E-state index contributed by atoms with van der Waals surface area (Å²) in [6.45, 7) is 3.82. The minimum absolute atomic E-state index is 0.324. The lowest BCUT2D eigenvalue weighted by Crippen LogP contribution is -2.61. The Bertz CT molecular complexity index is 654. The number of aliphatic hydroxyl groups excluding tert-OH is 4. The number of esters is 1. The smallest absolute Gasteiger partial charge is 0.337 e. The molecule has 32 heavy (non-hydrogen) atoms. The quantitative estimate of drug-likeness (QED) is 0.270. The van der Waals surface area contributed by atoms with Gasteiger partial charge in [-0.05, 0) is 13.3 Å². The first kappa shape index (κ1) is 25.3. The fraction of sp³-hybridized carbons (Fsp3) is 0.857. The van der Waals surface area contributed by atoms with E-state index in [4.69, 9.17) is 28.4 Å². The van der Waals surface area contributed by atoms with E-state index in [2.05, 4.69) is 6.92 Å². The first-order chi connectivity index (χ1) is 15.3. The largest absolute Gasteiger partial charge is 0.471 e. The van der Waals surface area contributed by atoms with Crippen LogP contribution >= 0.6 is 0 Å². The predicted octanol–water partition coefficient (Wildman–Crippen LogP) is -0.600. The molecule has 4 N–H and O–H groups in total. The van der Waals surface area contributed by atoms with E-state index in [-0.39, 0.29) is 5.92 Å². The molecule has 0 aromatic heterocycles. The van der Waals surface area contributed by atoms with Crippen LogP contribution in [0.5, 0.6) is 0 Å². The third kappa shape index (κ3) is 5.26. The summed E-state index contributed by atoms with van der Waals surface area (Å²) in [6, 6.07) is 0. The molecule has 2 fully saturated rings. The number of hydrogen-bond acceptors (Lipinski definition) is 11. The van der Waals surface area contributed by atoms with Gasteiger partial charge >= 0.3 is 5.97 Å². The van der Waals surface area contributed by atoms with Crippen LogP contribution in [0, 0.1) is 11.8 Å². The third-order valence-electron chi connectivity index (χ3n) is 6.20. The summed E-state index contributed by atoms with van der Waals surface area (Å²) in [5.41, 5.74) is 0.324. The molecule has 11 nitrogen and oxygen atoms in total. The SMILES string of the molecule is CCCCO[C@H]1C[C@@H]2C(C(=O)OC)=CO[C@@H](O[C@@H]3O[C@H](CO)[C@@H](O)[C@H](O)[C@H]3O)[C@@H]2[C@H](C)O1. The van der Waals surface area contributed by atoms with E-state index < -0.39 is 67.9 Å². The number of hydrogen-bond donors (Lipinski definition) is 4. The van der Waals surface area contributed by atoms with Crippen LogP contribution in [0.25, 0.3) is 0 Å². The highest BCUT2D eigenvalue weighted by atomic mass is 16.8. The Labute approximate surface area is 186 Å². The van der Waals surface area contributed by atoms with E-state index in [1.807, 2.05) is 0 Å². The summed E-state index contributed by atoms with van der Waals surface area (Å²) >= 11 is 0. The number of aliphatic hydroxyl groups is 4. The zero-order chi connectivity index (χ0) is 23.4. The molecule has 10 atom stereocenters. The number of fused-ring (bicyclic) bond motifs is 1. The number of carbonyl (C=O) groups excluding carboxylic acids is 1. The van der Waals surface area contributed by atoms with Gasteiger partial charge in [-0.2, -0.15) is 0 Å². The summed E-state index contributed by atoms with van der Waals surface area (Å²) < 4.78 is 33.7. The van der Waals surface area contributed by atoms with Crippen LogP contribution in [0.1, 0.15) is 33.1 Å². The Kier molecular flexibility index (Phi) is 8.87. The van der Waals surface area contributed by atoms with Crippen molar-refractivity contribution in [2.75, 3.05) is 20.3 Å². The molecule has 184 valence electrons. The summed E-state index contributed by atoms with van der Waals surface area (Å²) in [5.74, 6) is -1.39. The molecule has 11 heteroatoms. The van der Waals surface area contributed by atoms with Crippen molar-refractivity contribution >= 4 is 5.97 Å². The molecule has 3 aliphatic heterocycles. The van der Waals surface area contributed by atoms with Crippen molar-refractivity contribution in [3.8, 4) is 0 Å². The van der Waals surface area contributed by atoms with E-state index in [9.17, 15) is 25.2 Å². The van der Waals surface area contributed by atoms with Gasteiger partial charge in [-0.3, -0.25) is 0 Å². The second-order valence-electron chi connectivity index (χ2n) is 8.32. The highest BCUT2D eigenvalue weighted by molar-refractivity contribution is 5.88. The average molecular weight is 462 g/mol. The van der Waals surface area contributed by atoms with E-state index in [1.165, 1.54) is 13.4 Å². The van der Waals surface area contributed by atoms with Crippen LogP contribution in [-0.4, -0.2) is 96.1 Å². The van der Waals surface area contributed by atoms with Crippen molar-refractivity contribution in [1.82, 2.24) is 0 Å². The molecule has 0 aliphatic carbocycles. The fourth-order valence-corrected chi connectivity index (χ4v) is 4.36. The monoisotopic (exact) mass is 462 g/mol. The van der Waals surface area contributed by atoms with Crippen molar-refractivity contribution in [2.24, 2.45) is 11.8 Å². The van der Waals surface area contributed by atoms with Crippen molar-refractivity contribution in [3.63, 3.8) is 0 Å². The van der Waals surface area contributed by atoms with Crippen LogP contribution in [0.2, 0.25) is 0 Å². The minimum Gasteiger partial charge on any atom is -0.471 e. The first-order valence-electron chi connectivity index (χ1n) is 11.0. The van der Waals surface area contributed by atoms with Crippen LogP contribution in [0.3, 0.4) is 0 Å². The lowest BCUT2D eigenvalue weighted by Gasteiger charge is -2.47. The van der Waals surface area contributed by atoms with Crippen molar-refractivity contribution in [2.45, 2.75) is 82.5 Å². The van der Waals surface area contributed by atoms with Gasteiger partial charge in [0.1, 0.15) is 24.4 Å². The minimum atomic E-state index is -1.58. The van der Waals surface area contributed by atoms with Crippen LogP contribution in [0.15, 0.2) is 11.8 Å². The van der Waals surface area contributed by atoms with Crippen molar-refractivity contribution in [1.29, 1.82) is 0 Å². The van der Waals surface area contributed by atoms with Gasteiger partial charge in [0.15, 0.2) is 12.6 Å². The number of rotatable bonds is 8. The molecule has 0 aromatic carbocycles. The summed E-state index contributed by atoms with van der Waals surface area (Å²) in [5, 5.41) is 39.7. The van der Waals surface area contributed by atoms with Crippen molar-refractivity contribution in [3.05, 3.63) is 11.8 Å². The lowest BCUT2D eigenvalue weighted by atomic mass is 9.77. The third-order valence-corrected chi connectivity index (χ3v) is 6.20. The van der Waals surface area contributed by atoms with E-state index >= 15 is 0 Å². The topological polar surface area (TPSA) is 153 Å². The molecule has 3 aliphatic rings. The number of carbonyl (C=O) groups is 1. The molecule has 2 saturated heterocycles. The second-order valence-corrected chi connectivity index (χ2v) is 8.32. The summed E-state index contributed by atoms with van der Waals surface area (Å²) in [7, 11) is 1.28. The number of unbranched alkanes of at least 4 members (excludes halogenated alkanes) is 1. The van der Waals surface area contributed by atoms with Crippen LogP contribution in [-0.2, 0) is 33.2 Å². The molecule has 0 bridgehead atoms. The maximum absolute atomic E-state index is 12.4. The molecule has 0 radical (unpaired) electrons. The molecule has 0 aromatic rings. The summed E-state index contributed by atoms with van der Waals surface area (Å²) in [4.78, 5) is 12.4. The number of methoxy groups -OCH3 is 1. The normalized spacial score (nSPS) is 41.9. The molecule has 0 spiro atoms. The Balaban J connectivity index is 1.78. The van der Waals surface area contributed by atoms with Gasteiger partial charge in [-0.1, -0.05) is 13.3 Å². The molecule has 3 rings (SSSR count). The highest BCUT2D eigenvalue weighted by Crippen LogP contribution is 2.43. The molecular weight excluding hydrogens is 428 g/mol. The Hall–Kier alpha value is -1.31. The predicted molar refractivity (Wildman–Crippen MR) is 107 cm³/mol. The van der Waals surface area contributed by atoms with Gasteiger partial charge in [0, 0.05) is 18.9 Å². The average Bonchev–Trinajstić information content (AvgIpc) is 2.79. The van der Waals surface area contributed by atoms with Gasteiger partial charge in [-0.15, -0.1) is 0 Å². The van der Waals surface area contributed by atoms with Crippen molar-refractivity contribution < 1.29 is 53.6 Å². The maximum atomic E-state index is 12.4. The summed E-state index contributed by atoms with van der Waals surface area (Å²) in [6.07, 6.45) is -5.63. The Morgan fingerprint density at radius 1 is 1.16 bits per heavy atom. The van der Waals surface area contributed by atoms with Gasteiger partial charge in [0.05, 0.1) is 37.6 Å². The van der Waals surface area contributed by atoms with Gasteiger partial charge in [0.2, 0.25) is 6.29 Å². The van der Waals surface area contributed by atoms with E-state index in [1.54, 1.807) is 6.92 Å². The van der Waals surface area contributed by atoms with Gasteiger partial charge in [0.25, 0.3) is 0 Å². The van der Waals surface area contributed by atoms with E-state index in [0.717, 1.165) is 12.8 Å². The van der Waals surface area contributed by atoms with Gasteiger partial charge in [-0.25, -0.2) is 4.79 Å². The molecule has 0 unspecified atom stereocenters. The van der Waals surface area contributed by atoms with Crippen LogP contribution in [0.4, 0.5) is 0 Å². The maximum Gasteiger partial charge on any atom is 0.337 e. The fourth-order valence-electron chi connectivity index (χ4n) is 4.36. The molecule has 3 heterocycles. The molecule has 0 saturated carbocycles. The standard InChI is InChI=1S/C21H34O11/c1-4-5-6-28-14-7-11-12(19(26)27-3)9-29-20(15(11)10(2)30-14)32-21-18(25)17(24)16(23)13(8-22)31-21/h9-11,13-18,20-25H,4-8H2,1-3H3/t10-,11+,13+,14+,15+,16+,17-,18+,20-,21-/m0/s1. The Morgan fingerprint density at radius 2 is 1.91 bits per heavy atom. The Morgan fingerprint density at radius 3 is 2.56 bits per heavy atom. The molecule has 0 amide bonds. The zero-order valence-electron chi connectivity index (χ0n) is 18.5. The van der Waals surface area contributed by atoms with Crippen LogP contribution < -0.4 is 0 Å². The van der Waals surface area contributed by atoms with Gasteiger partial charge < -0.3 is 48.8 Å². The second kappa shape index (κ2) is 11.2.